The van der Waals surface area contributed by atoms with Crippen LogP contribution in [0.15, 0.2) is 16.6 Å². The van der Waals surface area contributed by atoms with E-state index in [0.29, 0.717) is 4.47 Å². The normalized spacial score (nSPS) is 11.4. The number of halogens is 2. The number of amides is 2. The van der Waals surface area contributed by atoms with E-state index in [2.05, 4.69) is 31.5 Å². The number of nitrogens with zero attached hydrogens (tertiary/aromatic N) is 1. The first kappa shape index (κ1) is 17.2. The molecule has 0 saturated heterocycles. The van der Waals surface area contributed by atoms with Crippen molar-refractivity contribution in [2.75, 3.05) is 12.0 Å². The molecule has 0 aromatic carbocycles. The van der Waals surface area contributed by atoms with Gasteiger partial charge in [0.15, 0.2) is 5.11 Å². The van der Waals surface area contributed by atoms with Gasteiger partial charge in [0.1, 0.15) is 18.2 Å². The number of aromatic nitrogens is 1. The Morgan fingerprint density at radius 3 is 2.76 bits per heavy atom. The van der Waals surface area contributed by atoms with E-state index in [1.54, 1.807) is 0 Å². The number of nitrogens with one attached hydrogen (secondary N) is 3. The molecule has 0 saturated carbocycles. The van der Waals surface area contributed by atoms with Crippen LogP contribution in [0.5, 0.6) is 0 Å². The van der Waals surface area contributed by atoms with Crippen LogP contribution < -0.4 is 16.0 Å². The number of carboxylic acid groups (broad SMARTS) is 1. The van der Waals surface area contributed by atoms with Crippen molar-refractivity contribution in [3.8, 4) is 0 Å². The highest BCUT2D eigenvalue weighted by atomic mass is 79.9. The minimum absolute atomic E-state index is 0.0327. The van der Waals surface area contributed by atoms with Crippen LogP contribution in [0.3, 0.4) is 0 Å². The number of thiocarbonyl (C=S) groups is 1. The number of hydrogen-bond acceptors (Lipinski definition) is 4. The van der Waals surface area contributed by atoms with Crippen molar-refractivity contribution in [3.63, 3.8) is 0 Å². The Bertz CT molecular complexity index is 572. The second-order valence-electron chi connectivity index (χ2n) is 3.97. The average molecular weight is 379 g/mol. The van der Waals surface area contributed by atoms with Crippen molar-refractivity contribution in [2.24, 2.45) is 0 Å². The molecule has 0 radical (unpaired) electrons. The van der Waals surface area contributed by atoms with Crippen LogP contribution in [-0.4, -0.2) is 39.9 Å². The molecule has 114 valence electrons. The molecule has 7 nitrogen and oxygen atoms in total. The van der Waals surface area contributed by atoms with Crippen molar-refractivity contribution in [1.29, 1.82) is 0 Å². The standard InChI is InChI=1S/C11H12BrFN4O3S/c1-5(4-13)14-9(18)7-2-6(12)3-8(15-7)16-10(21)17-11(19)20/h2-3,5H,4H2,1H3,(H,14,18)(H,19,20)(H2,15,16,17,21). The topological polar surface area (TPSA) is 103 Å². The van der Waals surface area contributed by atoms with E-state index >= 15 is 0 Å². The highest BCUT2D eigenvalue weighted by molar-refractivity contribution is 9.10. The molecular formula is C11H12BrFN4O3S. The van der Waals surface area contributed by atoms with E-state index in [4.69, 9.17) is 17.3 Å². The third kappa shape index (κ3) is 6.00. The van der Waals surface area contributed by atoms with Crippen LogP contribution in [0.2, 0.25) is 0 Å². The molecule has 1 heterocycles. The summed E-state index contributed by atoms with van der Waals surface area (Å²) in [6.07, 6.45) is -1.32. The molecule has 1 aromatic heterocycles. The van der Waals surface area contributed by atoms with Gasteiger partial charge in [0.2, 0.25) is 0 Å². The Kier molecular flexibility index (Phi) is 6.43. The minimum Gasteiger partial charge on any atom is -0.465 e. The van der Waals surface area contributed by atoms with Crippen LogP contribution in [0.4, 0.5) is 15.0 Å². The molecule has 0 fully saturated rings. The summed E-state index contributed by atoms with van der Waals surface area (Å²) in [5, 5.41) is 15.2. The summed E-state index contributed by atoms with van der Waals surface area (Å²) in [5.74, 6) is -0.386. The third-order valence-corrected chi connectivity index (χ3v) is 2.76. The Labute approximate surface area is 133 Å². The fraction of sp³-hybridized carbons (Fsp3) is 0.273. The molecule has 4 N–H and O–H groups in total. The van der Waals surface area contributed by atoms with Gasteiger partial charge in [0.05, 0.1) is 6.04 Å². The van der Waals surface area contributed by atoms with Crippen LogP contribution >= 0.6 is 28.1 Å². The number of alkyl halides is 1. The molecule has 1 atom stereocenters. The van der Waals surface area contributed by atoms with E-state index in [0.717, 1.165) is 0 Å². The van der Waals surface area contributed by atoms with Gasteiger partial charge in [-0.2, -0.15) is 0 Å². The molecule has 0 spiro atoms. The number of hydrogen-bond donors (Lipinski definition) is 4. The lowest BCUT2D eigenvalue weighted by molar-refractivity contribution is 0.0929. The van der Waals surface area contributed by atoms with Crippen molar-refractivity contribution in [3.05, 3.63) is 22.3 Å². The van der Waals surface area contributed by atoms with Crippen LogP contribution in [0.1, 0.15) is 17.4 Å². The van der Waals surface area contributed by atoms with Crippen molar-refractivity contribution in [1.82, 2.24) is 15.6 Å². The second-order valence-corrected chi connectivity index (χ2v) is 5.29. The molecule has 2 amide bonds. The molecule has 0 aliphatic rings. The van der Waals surface area contributed by atoms with Crippen LogP contribution in [0, 0.1) is 0 Å². The van der Waals surface area contributed by atoms with E-state index in [1.807, 2.05) is 5.32 Å². The smallest absolute Gasteiger partial charge is 0.410 e. The largest absolute Gasteiger partial charge is 0.465 e. The minimum atomic E-state index is -1.32. The molecular weight excluding hydrogens is 367 g/mol. The van der Waals surface area contributed by atoms with Gasteiger partial charge in [-0.15, -0.1) is 0 Å². The first-order valence-corrected chi connectivity index (χ1v) is 6.87. The molecule has 10 heteroatoms. The Balaban J connectivity index is 2.86. The molecule has 1 aromatic rings. The van der Waals surface area contributed by atoms with Crippen LogP contribution in [-0.2, 0) is 0 Å². The van der Waals surface area contributed by atoms with Gasteiger partial charge < -0.3 is 15.7 Å². The average Bonchev–Trinajstić information content (AvgIpc) is 2.36. The van der Waals surface area contributed by atoms with Gasteiger partial charge in [-0.1, -0.05) is 15.9 Å². The van der Waals surface area contributed by atoms with Crippen molar-refractivity contribution in [2.45, 2.75) is 13.0 Å². The predicted octanol–water partition coefficient (Wildman–Crippen LogP) is 1.90. The second kappa shape index (κ2) is 7.84. The summed E-state index contributed by atoms with van der Waals surface area (Å²) in [6, 6.07) is 2.31. The number of anilines is 1. The molecule has 1 rings (SSSR count). The zero-order valence-corrected chi connectivity index (χ0v) is 13.2. The van der Waals surface area contributed by atoms with Crippen LogP contribution in [0.25, 0.3) is 0 Å². The van der Waals surface area contributed by atoms with Gasteiger partial charge in [0.25, 0.3) is 5.91 Å². The zero-order valence-electron chi connectivity index (χ0n) is 10.8. The summed E-state index contributed by atoms with van der Waals surface area (Å²) in [7, 11) is 0. The Hall–Kier alpha value is -1.81. The maximum Gasteiger partial charge on any atom is 0.410 e. The van der Waals surface area contributed by atoms with Crippen molar-refractivity contribution < 1.29 is 19.1 Å². The third-order valence-electron chi connectivity index (χ3n) is 2.09. The summed E-state index contributed by atoms with van der Waals surface area (Å²) >= 11 is 7.94. The number of rotatable bonds is 4. The number of pyridine rings is 1. The predicted molar refractivity (Wildman–Crippen MR) is 82.2 cm³/mol. The molecule has 0 aliphatic heterocycles. The number of carbonyl (C=O) groups is 2. The van der Waals surface area contributed by atoms with Gasteiger partial charge in [-0.25, -0.2) is 14.2 Å². The number of carbonyl (C=O) groups excluding carboxylic acids is 1. The maximum atomic E-state index is 12.4. The van der Waals surface area contributed by atoms with Gasteiger partial charge in [-0.05, 0) is 31.3 Å². The molecule has 0 aliphatic carbocycles. The monoisotopic (exact) mass is 378 g/mol. The summed E-state index contributed by atoms with van der Waals surface area (Å²) in [4.78, 5) is 26.3. The molecule has 1 unspecified atom stereocenters. The molecule has 0 bridgehead atoms. The van der Waals surface area contributed by atoms with E-state index in [1.165, 1.54) is 19.1 Å². The summed E-state index contributed by atoms with van der Waals surface area (Å²) in [5.41, 5.74) is 0.0327. The van der Waals surface area contributed by atoms with E-state index in [-0.39, 0.29) is 16.6 Å². The van der Waals surface area contributed by atoms with Gasteiger partial charge in [-0.3, -0.25) is 10.1 Å². The SMILES string of the molecule is CC(CF)NC(=O)c1cc(Br)cc(NC(=S)NC(=O)O)n1. The van der Waals surface area contributed by atoms with Gasteiger partial charge in [0, 0.05) is 4.47 Å². The quantitative estimate of drug-likeness (QED) is 0.596. The van der Waals surface area contributed by atoms with E-state index < -0.39 is 24.7 Å². The Morgan fingerprint density at radius 1 is 1.52 bits per heavy atom. The zero-order chi connectivity index (χ0) is 16.0. The van der Waals surface area contributed by atoms with E-state index in [9.17, 15) is 14.0 Å². The highest BCUT2D eigenvalue weighted by Gasteiger charge is 2.13. The summed E-state index contributed by atoms with van der Waals surface area (Å²) < 4.78 is 12.9. The van der Waals surface area contributed by atoms with Gasteiger partial charge >= 0.3 is 6.09 Å². The maximum absolute atomic E-state index is 12.4. The lowest BCUT2D eigenvalue weighted by Crippen LogP contribution is -2.35. The molecule has 21 heavy (non-hydrogen) atoms. The first-order valence-electron chi connectivity index (χ1n) is 5.67. The lowest BCUT2D eigenvalue weighted by Gasteiger charge is -2.11. The lowest BCUT2D eigenvalue weighted by atomic mass is 10.3. The summed E-state index contributed by atoms with van der Waals surface area (Å²) in [6.45, 7) is 0.818. The fourth-order valence-electron chi connectivity index (χ4n) is 1.26. The highest BCUT2D eigenvalue weighted by Crippen LogP contribution is 2.16. The van der Waals surface area contributed by atoms with Crippen molar-refractivity contribution >= 4 is 51.1 Å². The Morgan fingerprint density at radius 2 is 2.19 bits per heavy atom. The first-order chi connectivity index (χ1) is 9.81. The fourth-order valence-corrected chi connectivity index (χ4v) is 1.88.